The molecule has 2 atom stereocenters. The number of nitrogens with zero attached hydrogens (tertiary/aromatic N) is 1. The third kappa shape index (κ3) is 4.46. The maximum atomic E-state index is 3.77. The highest BCUT2D eigenvalue weighted by atomic mass is 15.1. The molecular weight excluding hydrogens is 232 g/mol. The zero-order valence-electron chi connectivity index (χ0n) is 13.3. The van der Waals surface area contributed by atoms with Crippen molar-refractivity contribution < 1.29 is 0 Å². The summed E-state index contributed by atoms with van der Waals surface area (Å²) >= 11 is 0. The van der Waals surface area contributed by atoms with Gasteiger partial charge in [0, 0.05) is 12.6 Å². The summed E-state index contributed by atoms with van der Waals surface area (Å²) in [5, 5.41) is 3.77. The van der Waals surface area contributed by atoms with Crippen LogP contribution in [0.3, 0.4) is 0 Å². The first-order valence-electron chi connectivity index (χ1n) is 8.66. The van der Waals surface area contributed by atoms with E-state index < -0.39 is 0 Å². The van der Waals surface area contributed by atoms with E-state index in [0.717, 1.165) is 23.8 Å². The summed E-state index contributed by atoms with van der Waals surface area (Å²) in [7, 11) is 0. The van der Waals surface area contributed by atoms with Crippen molar-refractivity contribution in [3.05, 3.63) is 0 Å². The molecule has 0 bridgehead atoms. The van der Waals surface area contributed by atoms with Crippen LogP contribution in [0.2, 0.25) is 0 Å². The lowest BCUT2D eigenvalue weighted by molar-refractivity contribution is 0.133. The van der Waals surface area contributed by atoms with Crippen molar-refractivity contribution >= 4 is 0 Å². The van der Waals surface area contributed by atoms with E-state index in [0.29, 0.717) is 0 Å². The van der Waals surface area contributed by atoms with Gasteiger partial charge < -0.3 is 10.2 Å². The summed E-state index contributed by atoms with van der Waals surface area (Å²) in [4.78, 5) is 2.75. The molecule has 2 nitrogen and oxygen atoms in total. The van der Waals surface area contributed by atoms with Gasteiger partial charge in [-0.05, 0) is 69.5 Å². The highest BCUT2D eigenvalue weighted by molar-refractivity contribution is 4.86. The fourth-order valence-corrected chi connectivity index (χ4v) is 3.99. The molecule has 19 heavy (non-hydrogen) atoms. The van der Waals surface area contributed by atoms with Crippen molar-refractivity contribution in [2.75, 3.05) is 26.2 Å². The summed E-state index contributed by atoms with van der Waals surface area (Å²) in [6, 6.07) is 0.808. The predicted octanol–water partition coefficient (Wildman–Crippen LogP) is 3.52. The molecule has 2 aliphatic rings. The number of hydrogen-bond acceptors (Lipinski definition) is 2. The average molecular weight is 266 g/mol. The highest BCUT2D eigenvalue weighted by Gasteiger charge is 2.30. The van der Waals surface area contributed by atoms with Crippen molar-refractivity contribution in [1.29, 1.82) is 0 Å². The topological polar surface area (TPSA) is 15.3 Å². The van der Waals surface area contributed by atoms with E-state index in [4.69, 9.17) is 0 Å². The summed E-state index contributed by atoms with van der Waals surface area (Å²) in [6.45, 7) is 12.3. The smallest absolute Gasteiger partial charge is 0.0107 e. The van der Waals surface area contributed by atoms with Crippen LogP contribution in [-0.2, 0) is 0 Å². The summed E-state index contributed by atoms with van der Waals surface area (Å²) in [5.74, 6) is 2.78. The Labute approximate surface area is 120 Å². The SMILES string of the molecule is CCCNC1CCCC1CN1CCC(C(C)C)CC1. The molecule has 2 unspecified atom stereocenters. The van der Waals surface area contributed by atoms with Gasteiger partial charge in [-0.2, -0.15) is 0 Å². The number of likely N-dealkylation sites (tertiary alicyclic amines) is 1. The molecule has 2 rings (SSSR count). The van der Waals surface area contributed by atoms with Crippen molar-refractivity contribution in [2.24, 2.45) is 17.8 Å². The number of rotatable bonds is 6. The van der Waals surface area contributed by atoms with E-state index in [9.17, 15) is 0 Å². The number of hydrogen-bond donors (Lipinski definition) is 1. The fraction of sp³-hybridized carbons (Fsp3) is 1.00. The van der Waals surface area contributed by atoms with Crippen LogP contribution in [0.4, 0.5) is 0 Å². The van der Waals surface area contributed by atoms with Gasteiger partial charge in [0.15, 0.2) is 0 Å². The molecule has 1 heterocycles. The third-order valence-corrected chi connectivity index (χ3v) is 5.38. The lowest BCUT2D eigenvalue weighted by Gasteiger charge is -2.36. The van der Waals surface area contributed by atoms with Crippen LogP contribution in [0.25, 0.3) is 0 Å². The Kier molecular flexibility index (Phi) is 6.15. The standard InChI is InChI=1S/C17H34N2/c1-4-10-18-17-7-5-6-16(17)13-19-11-8-15(9-12-19)14(2)3/h14-18H,4-13H2,1-3H3. The van der Waals surface area contributed by atoms with Gasteiger partial charge in [0.25, 0.3) is 0 Å². The van der Waals surface area contributed by atoms with Gasteiger partial charge in [0.05, 0.1) is 0 Å². The van der Waals surface area contributed by atoms with Crippen LogP contribution in [0, 0.1) is 17.8 Å². The van der Waals surface area contributed by atoms with E-state index in [1.165, 1.54) is 64.7 Å². The van der Waals surface area contributed by atoms with E-state index in [1.54, 1.807) is 0 Å². The first kappa shape index (κ1) is 15.3. The van der Waals surface area contributed by atoms with Crippen molar-refractivity contribution in [3.63, 3.8) is 0 Å². The zero-order valence-corrected chi connectivity index (χ0v) is 13.3. The lowest BCUT2D eigenvalue weighted by atomic mass is 9.86. The first-order valence-corrected chi connectivity index (χ1v) is 8.66. The van der Waals surface area contributed by atoms with E-state index in [2.05, 4.69) is 31.0 Å². The Morgan fingerprint density at radius 1 is 1.11 bits per heavy atom. The minimum atomic E-state index is 0.808. The van der Waals surface area contributed by atoms with E-state index in [1.807, 2.05) is 0 Å². The molecule has 0 aromatic carbocycles. The second kappa shape index (κ2) is 7.64. The maximum Gasteiger partial charge on any atom is 0.0107 e. The Morgan fingerprint density at radius 2 is 1.84 bits per heavy atom. The second-order valence-corrected chi connectivity index (χ2v) is 7.13. The van der Waals surface area contributed by atoms with E-state index >= 15 is 0 Å². The van der Waals surface area contributed by atoms with Gasteiger partial charge >= 0.3 is 0 Å². The monoisotopic (exact) mass is 266 g/mol. The first-order chi connectivity index (χ1) is 9.20. The molecule has 1 N–H and O–H groups in total. The molecule has 1 saturated carbocycles. The van der Waals surface area contributed by atoms with Gasteiger partial charge in [-0.25, -0.2) is 0 Å². The Bertz CT molecular complexity index is 244. The Morgan fingerprint density at radius 3 is 2.47 bits per heavy atom. The van der Waals surface area contributed by atoms with Gasteiger partial charge in [0.2, 0.25) is 0 Å². The molecule has 2 fully saturated rings. The normalized spacial score (nSPS) is 30.3. The zero-order chi connectivity index (χ0) is 13.7. The summed E-state index contributed by atoms with van der Waals surface area (Å²) < 4.78 is 0. The van der Waals surface area contributed by atoms with Crippen molar-refractivity contribution in [3.8, 4) is 0 Å². The molecule has 0 aromatic rings. The molecule has 1 saturated heterocycles. The minimum absolute atomic E-state index is 0.808. The molecule has 0 amide bonds. The quantitative estimate of drug-likeness (QED) is 0.791. The summed E-state index contributed by atoms with van der Waals surface area (Å²) in [6.07, 6.45) is 8.42. The van der Waals surface area contributed by atoms with Gasteiger partial charge in [-0.1, -0.05) is 27.2 Å². The lowest BCUT2D eigenvalue weighted by Crippen LogP contribution is -2.43. The van der Waals surface area contributed by atoms with Crippen LogP contribution >= 0.6 is 0 Å². The molecule has 1 aliphatic heterocycles. The largest absolute Gasteiger partial charge is 0.314 e. The van der Waals surface area contributed by atoms with Crippen LogP contribution in [0.1, 0.15) is 59.3 Å². The molecule has 2 heteroatoms. The minimum Gasteiger partial charge on any atom is -0.314 e. The molecule has 0 spiro atoms. The molecule has 112 valence electrons. The summed E-state index contributed by atoms with van der Waals surface area (Å²) in [5.41, 5.74) is 0. The number of piperidine rings is 1. The van der Waals surface area contributed by atoms with Crippen LogP contribution < -0.4 is 5.32 Å². The second-order valence-electron chi connectivity index (χ2n) is 7.13. The van der Waals surface area contributed by atoms with E-state index in [-0.39, 0.29) is 0 Å². The highest BCUT2D eigenvalue weighted by Crippen LogP contribution is 2.29. The average Bonchev–Trinajstić information content (AvgIpc) is 2.84. The molecule has 1 aliphatic carbocycles. The van der Waals surface area contributed by atoms with Crippen LogP contribution in [-0.4, -0.2) is 37.1 Å². The number of nitrogens with one attached hydrogen (secondary N) is 1. The van der Waals surface area contributed by atoms with Crippen molar-refractivity contribution in [1.82, 2.24) is 10.2 Å². The fourth-order valence-electron chi connectivity index (χ4n) is 3.99. The van der Waals surface area contributed by atoms with Gasteiger partial charge in [-0.15, -0.1) is 0 Å². The van der Waals surface area contributed by atoms with Crippen LogP contribution in [0.5, 0.6) is 0 Å². The Hall–Kier alpha value is -0.0800. The maximum absolute atomic E-state index is 3.77. The van der Waals surface area contributed by atoms with Gasteiger partial charge in [-0.3, -0.25) is 0 Å². The van der Waals surface area contributed by atoms with Crippen molar-refractivity contribution in [2.45, 2.75) is 65.3 Å². The predicted molar refractivity (Wildman–Crippen MR) is 83.4 cm³/mol. The molecule has 0 radical (unpaired) electrons. The molecular formula is C17H34N2. The van der Waals surface area contributed by atoms with Gasteiger partial charge in [0.1, 0.15) is 0 Å². The Balaban J connectivity index is 1.72. The third-order valence-electron chi connectivity index (χ3n) is 5.38. The van der Waals surface area contributed by atoms with Crippen LogP contribution in [0.15, 0.2) is 0 Å². The molecule has 0 aromatic heterocycles.